The number of halogens is 1. The van der Waals surface area contributed by atoms with Crippen LogP contribution in [0.25, 0.3) is 0 Å². The third-order valence-corrected chi connectivity index (χ3v) is 2.18. The van der Waals surface area contributed by atoms with Gasteiger partial charge < -0.3 is 4.74 Å². The SMILES string of the molecule is CC(C)=CC(=O)Oc1ccc(Cl)c(C)c1. The molecule has 0 aliphatic rings. The number of aryl methyl sites for hydroxylation is 1. The summed E-state index contributed by atoms with van der Waals surface area (Å²) in [7, 11) is 0. The molecule has 0 atom stereocenters. The first kappa shape index (κ1) is 11.8. The van der Waals surface area contributed by atoms with Crippen LogP contribution >= 0.6 is 11.6 Å². The van der Waals surface area contributed by atoms with Crippen LogP contribution in [0.5, 0.6) is 5.75 Å². The van der Waals surface area contributed by atoms with E-state index in [1.165, 1.54) is 6.08 Å². The number of benzene rings is 1. The molecule has 1 aromatic rings. The Kier molecular flexibility index (Phi) is 3.92. The molecule has 3 heteroatoms. The van der Waals surface area contributed by atoms with Gasteiger partial charge in [0.15, 0.2) is 0 Å². The van der Waals surface area contributed by atoms with Crippen LogP contribution in [0.1, 0.15) is 19.4 Å². The monoisotopic (exact) mass is 224 g/mol. The van der Waals surface area contributed by atoms with Crippen molar-refractivity contribution in [3.05, 3.63) is 40.4 Å². The highest BCUT2D eigenvalue weighted by Crippen LogP contribution is 2.21. The van der Waals surface area contributed by atoms with Crippen molar-refractivity contribution >= 4 is 17.6 Å². The molecule has 2 nitrogen and oxygen atoms in total. The van der Waals surface area contributed by atoms with E-state index in [1.807, 2.05) is 20.8 Å². The molecule has 1 rings (SSSR count). The van der Waals surface area contributed by atoms with Crippen LogP contribution in [0, 0.1) is 6.92 Å². The van der Waals surface area contributed by atoms with E-state index in [1.54, 1.807) is 18.2 Å². The third-order valence-electron chi connectivity index (χ3n) is 1.75. The van der Waals surface area contributed by atoms with Crippen LogP contribution in [0.15, 0.2) is 29.8 Å². The summed E-state index contributed by atoms with van der Waals surface area (Å²) in [5.74, 6) is 0.149. The fourth-order valence-electron chi connectivity index (χ4n) is 1.06. The summed E-state index contributed by atoms with van der Waals surface area (Å²) >= 11 is 5.85. The van der Waals surface area contributed by atoms with Gasteiger partial charge in [-0.25, -0.2) is 4.79 Å². The molecule has 0 amide bonds. The maximum atomic E-state index is 11.3. The second kappa shape index (κ2) is 4.99. The van der Waals surface area contributed by atoms with Crippen LogP contribution < -0.4 is 4.74 Å². The van der Waals surface area contributed by atoms with Gasteiger partial charge in [0.05, 0.1) is 0 Å². The predicted molar refractivity (Wildman–Crippen MR) is 61.3 cm³/mol. The number of ether oxygens (including phenoxy) is 1. The molecule has 0 saturated carbocycles. The smallest absolute Gasteiger partial charge is 0.336 e. The lowest BCUT2D eigenvalue weighted by Crippen LogP contribution is -2.04. The van der Waals surface area contributed by atoms with Gasteiger partial charge in [-0.1, -0.05) is 17.2 Å². The molecule has 0 aliphatic heterocycles. The molecule has 0 aromatic heterocycles. The number of rotatable bonds is 2. The molecule has 80 valence electrons. The number of carbonyl (C=O) groups excluding carboxylic acids is 1. The van der Waals surface area contributed by atoms with Crippen molar-refractivity contribution in [3.63, 3.8) is 0 Å². The second-order valence-electron chi connectivity index (χ2n) is 3.55. The Balaban J connectivity index is 2.78. The summed E-state index contributed by atoms with van der Waals surface area (Å²) in [6, 6.07) is 5.12. The zero-order chi connectivity index (χ0) is 11.4. The zero-order valence-electron chi connectivity index (χ0n) is 9.00. The molecule has 0 spiro atoms. The lowest BCUT2D eigenvalue weighted by molar-refractivity contribution is -0.129. The molecule has 0 N–H and O–H groups in total. The normalized spacial score (nSPS) is 9.60. The van der Waals surface area contributed by atoms with Gasteiger partial charge in [0.1, 0.15) is 5.75 Å². The molecule has 0 radical (unpaired) electrons. The van der Waals surface area contributed by atoms with Gasteiger partial charge in [-0.15, -0.1) is 0 Å². The van der Waals surface area contributed by atoms with Gasteiger partial charge >= 0.3 is 5.97 Å². The Morgan fingerprint density at radius 2 is 2.07 bits per heavy atom. The molecule has 15 heavy (non-hydrogen) atoms. The van der Waals surface area contributed by atoms with E-state index >= 15 is 0 Å². The first-order valence-electron chi connectivity index (χ1n) is 4.62. The Morgan fingerprint density at radius 1 is 1.40 bits per heavy atom. The lowest BCUT2D eigenvalue weighted by atomic mass is 10.2. The zero-order valence-corrected chi connectivity index (χ0v) is 9.76. The van der Waals surface area contributed by atoms with Crippen molar-refractivity contribution in [2.45, 2.75) is 20.8 Å². The Labute approximate surface area is 94.5 Å². The van der Waals surface area contributed by atoms with E-state index in [0.29, 0.717) is 10.8 Å². The van der Waals surface area contributed by atoms with Gasteiger partial charge in [0.2, 0.25) is 0 Å². The number of hydrogen-bond donors (Lipinski definition) is 0. The van der Waals surface area contributed by atoms with Crippen molar-refractivity contribution < 1.29 is 9.53 Å². The van der Waals surface area contributed by atoms with Crippen molar-refractivity contribution in [1.82, 2.24) is 0 Å². The van der Waals surface area contributed by atoms with Crippen molar-refractivity contribution in [2.24, 2.45) is 0 Å². The highest BCUT2D eigenvalue weighted by Gasteiger charge is 2.02. The standard InChI is InChI=1S/C12H13ClO2/c1-8(2)6-12(14)15-10-4-5-11(13)9(3)7-10/h4-7H,1-3H3. The largest absolute Gasteiger partial charge is 0.423 e. The van der Waals surface area contributed by atoms with E-state index in [9.17, 15) is 4.79 Å². The molecule has 1 aromatic carbocycles. The molecule has 0 fully saturated rings. The number of carbonyl (C=O) groups is 1. The van der Waals surface area contributed by atoms with Crippen LogP contribution in [0.2, 0.25) is 5.02 Å². The van der Waals surface area contributed by atoms with Crippen LogP contribution in [0.3, 0.4) is 0 Å². The fraction of sp³-hybridized carbons (Fsp3) is 0.250. The quantitative estimate of drug-likeness (QED) is 0.437. The summed E-state index contributed by atoms with van der Waals surface area (Å²) in [5.41, 5.74) is 1.80. The molecule has 0 aliphatic carbocycles. The number of allylic oxidation sites excluding steroid dienone is 1. The second-order valence-corrected chi connectivity index (χ2v) is 3.96. The Morgan fingerprint density at radius 3 is 2.60 bits per heavy atom. The summed E-state index contributed by atoms with van der Waals surface area (Å²) in [6.07, 6.45) is 1.45. The number of esters is 1. The van der Waals surface area contributed by atoms with Crippen LogP contribution in [0.4, 0.5) is 0 Å². The first-order valence-corrected chi connectivity index (χ1v) is 4.99. The summed E-state index contributed by atoms with van der Waals surface area (Å²) < 4.78 is 5.09. The van der Waals surface area contributed by atoms with Crippen LogP contribution in [-0.2, 0) is 4.79 Å². The molecular weight excluding hydrogens is 212 g/mol. The fourth-order valence-corrected chi connectivity index (χ4v) is 1.18. The average Bonchev–Trinajstić information content (AvgIpc) is 2.10. The van der Waals surface area contributed by atoms with Crippen LogP contribution in [-0.4, -0.2) is 5.97 Å². The minimum Gasteiger partial charge on any atom is -0.423 e. The van der Waals surface area contributed by atoms with E-state index in [2.05, 4.69) is 0 Å². The molecular formula is C12H13ClO2. The van der Waals surface area contributed by atoms with Gasteiger partial charge in [0.25, 0.3) is 0 Å². The Hall–Kier alpha value is -1.28. The van der Waals surface area contributed by atoms with Gasteiger partial charge in [-0.05, 0) is 44.5 Å². The average molecular weight is 225 g/mol. The first-order chi connectivity index (χ1) is 6.99. The van der Waals surface area contributed by atoms with E-state index in [4.69, 9.17) is 16.3 Å². The topological polar surface area (TPSA) is 26.3 Å². The van der Waals surface area contributed by atoms with Crippen molar-refractivity contribution in [3.8, 4) is 5.75 Å². The van der Waals surface area contributed by atoms with E-state index in [0.717, 1.165) is 11.1 Å². The minimum absolute atomic E-state index is 0.364. The summed E-state index contributed by atoms with van der Waals surface area (Å²) in [5, 5.41) is 0.664. The highest BCUT2D eigenvalue weighted by atomic mass is 35.5. The number of hydrogen-bond acceptors (Lipinski definition) is 2. The maximum absolute atomic E-state index is 11.3. The minimum atomic E-state index is -0.364. The molecule has 0 bridgehead atoms. The van der Waals surface area contributed by atoms with E-state index < -0.39 is 0 Å². The molecule has 0 heterocycles. The van der Waals surface area contributed by atoms with Crippen molar-refractivity contribution in [2.75, 3.05) is 0 Å². The third kappa shape index (κ3) is 3.76. The molecule has 0 unspecified atom stereocenters. The Bertz CT molecular complexity index is 404. The summed E-state index contributed by atoms with van der Waals surface area (Å²) in [6.45, 7) is 5.54. The van der Waals surface area contributed by atoms with Gasteiger partial charge in [0, 0.05) is 11.1 Å². The predicted octanol–water partition coefficient (Wildman–Crippen LogP) is 3.52. The van der Waals surface area contributed by atoms with Gasteiger partial charge in [-0.3, -0.25) is 0 Å². The lowest BCUT2D eigenvalue weighted by Gasteiger charge is -2.03. The molecule has 0 saturated heterocycles. The summed E-state index contributed by atoms with van der Waals surface area (Å²) in [4.78, 5) is 11.3. The van der Waals surface area contributed by atoms with Gasteiger partial charge in [-0.2, -0.15) is 0 Å². The van der Waals surface area contributed by atoms with E-state index in [-0.39, 0.29) is 5.97 Å². The maximum Gasteiger partial charge on any atom is 0.336 e. The highest BCUT2D eigenvalue weighted by molar-refractivity contribution is 6.31. The van der Waals surface area contributed by atoms with Crippen molar-refractivity contribution in [1.29, 1.82) is 0 Å².